The topological polar surface area (TPSA) is 47.8 Å². The highest BCUT2D eigenvalue weighted by atomic mass is 79.9. The Morgan fingerprint density at radius 2 is 2.22 bits per heavy atom. The van der Waals surface area contributed by atoms with Crippen LogP contribution in [0, 0.1) is 6.92 Å². The predicted molar refractivity (Wildman–Crippen MR) is 72.6 cm³/mol. The molecule has 0 radical (unpaired) electrons. The molecule has 0 bridgehead atoms. The molecule has 0 N–H and O–H groups in total. The van der Waals surface area contributed by atoms with Crippen LogP contribution >= 0.6 is 15.9 Å². The van der Waals surface area contributed by atoms with Crippen molar-refractivity contribution in [1.29, 1.82) is 0 Å². The maximum atomic E-state index is 12.2. The lowest BCUT2D eigenvalue weighted by molar-refractivity contribution is 0.0989. The number of rotatable bonds is 4. The van der Waals surface area contributed by atoms with Gasteiger partial charge in [0.1, 0.15) is 12.2 Å². The molecular formula is C13H14BrN3O. The van der Waals surface area contributed by atoms with Crippen LogP contribution in [0.25, 0.3) is 0 Å². The fourth-order valence-electron chi connectivity index (χ4n) is 1.87. The molecule has 0 unspecified atom stereocenters. The lowest BCUT2D eigenvalue weighted by atomic mass is 10.0. The van der Waals surface area contributed by atoms with Crippen molar-refractivity contribution >= 4 is 21.7 Å². The van der Waals surface area contributed by atoms with E-state index in [0.717, 1.165) is 22.1 Å². The molecule has 0 fully saturated rings. The molecule has 0 aliphatic carbocycles. The summed E-state index contributed by atoms with van der Waals surface area (Å²) in [5.41, 5.74) is 1.71. The number of aromatic nitrogens is 3. The summed E-state index contributed by atoms with van der Waals surface area (Å²) in [5.74, 6) is 0.785. The second-order valence-electron chi connectivity index (χ2n) is 4.05. The van der Waals surface area contributed by atoms with E-state index in [4.69, 9.17) is 0 Å². The van der Waals surface area contributed by atoms with Gasteiger partial charge < -0.3 is 0 Å². The zero-order valence-corrected chi connectivity index (χ0v) is 11.9. The summed E-state index contributed by atoms with van der Waals surface area (Å²) in [5, 5.41) is 4.06. The number of hydrogen-bond acceptors (Lipinski definition) is 3. The molecule has 0 spiro atoms. The Bertz CT molecular complexity index is 577. The molecular weight excluding hydrogens is 294 g/mol. The SMILES string of the molecule is CCn1ncnc1CC(=O)c1ccc(Br)cc1C. The van der Waals surface area contributed by atoms with Crippen LogP contribution in [0.2, 0.25) is 0 Å². The fraction of sp³-hybridized carbons (Fsp3) is 0.308. The Morgan fingerprint density at radius 1 is 1.44 bits per heavy atom. The summed E-state index contributed by atoms with van der Waals surface area (Å²) in [7, 11) is 0. The third kappa shape index (κ3) is 2.67. The van der Waals surface area contributed by atoms with Gasteiger partial charge in [0.15, 0.2) is 5.78 Å². The molecule has 2 rings (SSSR count). The first kappa shape index (κ1) is 13.0. The second kappa shape index (κ2) is 5.44. The van der Waals surface area contributed by atoms with Crippen molar-refractivity contribution in [1.82, 2.24) is 14.8 Å². The van der Waals surface area contributed by atoms with Crippen molar-refractivity contribution in [3.05, 3.63) is 46.0 Å². The molecule has 18 heavy (non-hydrogen) atoms. The van der Waals surface area contributed by atoms with Gasteiger partial charge in [-0.15, -0.1) is 0 Å². The van der Waals surface area contributed by atoms with Crippen LogP contribution in [0.1, 0.15) is 28.7 Å². The zero-order chi connectivity index (χ0) is 13.1. The van der Waals surface area contributed by atoms with Crippen molar-refractivity contribution in [2.24, 2.45) is 0 Å². The normalized spacial score (nSPS) is 10.6. The Balaban J connectivity index is 2.22. The number of aryl methyl sites for hydroxylation is 2. The van der Waals surface area contributed by atoms with Crippen LogP contribution < -0.4 is 0 Å². The summed E-state index contributed by atoms with van der Waals surface area (Å²) in [4.78, 5) is 16.3. The van der Waals surface area contributed by atoms with E-state index in [0.29, 0.717) is 5.82 Å². The van der Waals surface area contributed by atoms with Crippen LogP contribution in [0.4, 0.5) is 0 Å². The molecule has 0 saturated heterocycles. The minimum atomic E-state index is 0.0719. The Labute approximate surface area is 114 Å². The van der Waals surface area contributed by atoms with E-state index in [2.05, 4.69) is 26.0 Å². The number of carbonyl (C=O) groups is 1. The van der Waals surface area contributed by atoms with Crippen LogP contribution in [-0.4, -0.2) is 20.5 Å². The zero-order valence-electron chi connectivity index (χ0n) is 10.4. The third-order valence-corrected chi connectivity index (χ3v) is 3.30. The number of nitrogens with zero attached hydrogens (tertiary/aromatic N) is 3. The van der Waals surface area contributed by atoms with Gasteiger partial charge in [-0.25, -0.2) is 9.67 Å². The molecule has 94 valence electrons. The fourth-order valence-corrected chi connectivity index (χ4v) is 2.34. The standard InChI is InChI=1S/C13H14BrN3O/c1-3-17-13(15-8-16-17)7-12(18)11-5-4-10(14)6-9(11)2/h4-6,8H,3,7H2,1-2H3. The van der Waals surface area contributed by atoms with Gasteiger partial charge in [0, 0.05) is 16.6 Å². The van der Waals surface area contributed by atoms with Gasteiger partial charge in [-0.1, -0.05) is 22.0 Å². The third-order valence-electron chi connectivity index (χ3n) is 2.80. The number of hydrogen-bond donors (Lipinski definition) is 0. The molecule has 5 heteroatoms. The molecule has 1 heterocycles. The quantitative estimate of drug-likeness (QED) is 0.816. The van der Waals surface area contributed by atoms with E-state index >= 15 is 0 Å². The first-order chi connectivity index (χ1) is 8.61. The van der Waals surface area contributed by atoms with Gasteiger partial charge in [-0.3, -0.25) is 4.79 Å². The minimum absolute atomic E-state index is 0.0719. The lowest BCUT2D eigenvalue weighted by Gasteiger charge is -2.06. The van der Waals surface area contributed by atoms with Crippen LogP contribution in [0.15, 0.2) is 29.0 Å². The van der Waals surface area contributed by atoms with Crippen molar-refractivity contribution in [3.63, 3.8) is 0 Å². The molecule has 0 aliphatic rings. The highest BCUT2D eigenvalue weighted by Gasteiger charge is 2.13. The van der Waals surface area contributed by atoms with Crippen molar-refractivity contribution in [2.45, 2.75) is 26.8 Å². The monoisotopic (exact) mass is 307 g/mol. The van der Waals surface area contributed by atoms with Gasteiger partial charge >= 0.3 is 0 Å². The number of Topliss-reactive ketones (excluding diaryl/α,β-unsaturated/α-hetero) is 1. The van der Waals surface area contributed by atoms with E-state index in [1.807, 2.05) is 32.0 Å². The van der Waals surface area contributed by atoms with Crippen LogP contribution in [0.3, 0.4) is 0 Å². The van der Waals surface area contributed by atoms with E-state index in [-0.39, 0.29) is 12.2 Å². The molecule has 1 aromatic carbocycles. The smallest absolute Gasteiger partial charge is 0.170 e. The number of benzene rings is 1. The second-order valence-corrected chi connectivity index (χ2v) is 4.97. The molecule has 0 aliphatic heterocycles. The van der Waals surface area contributed by atoms with E-state index in [9.17, 15) is 4.79 Å². The highest BCUT2D eigenvalue weighted by molar-refractivity contribution is 9.10. The Hall–Kier alpha value is -1.49. The maximum absolute atomic E-state index is 12.2. The van der Waals surface area contributed by atoms with Gasteiger partial charge in [0.2, 0.25) is 0 Å². The average Bonchev–Trinajstić information content (AvgIpc) is 2.76. The number of ketones is 1. The van der Waals surface area contributed by atoms with E-state index < -0.39 is 0 Å². The van der Waals surface area contributed by atoms with Crippen LogP contribution in [0.5, 0.6) is 0 Å². The van der Waals surface area contributed by atoms with Gasteiger partial charge in [-0.2, -0.15) is 5.10 Å². The first-order valence-electron chi connectivity index (χ1n) is 5.78. The first-order valence-corrected chi connectivity index (χ1v) is 6.57. The predicted octanol–water partition coefficient (Wildman–Crippen LogP) is 2.79. The summed E-state index contributed by atoms with van der Waals surface area (Å²) in [6.45, 7) is 4.64. The summed E-state index contributed by atoms with van der Waals surface area (Å²) in [6, 6.07) is 5.66. The maximum Gasteiger partial charge on any atom is 0.170 e. The molecule has 0 atom stereocenters. The highest BCUT2D eigenvalue weighted by Crippen LogP contribution is 2.17. The minimum Gasteiger partial charge on any atom is -0.294 e. The molecule has 1 aromatic heterocycles. The molecule has 2 aromatic rings. The van der Waals surface area contributed by atoms with Gasteiger partial charge in [0.25, 0.3) is 0 Å². The van der Waals surface area contributed by atoms with Crippen molar-refractivity contribution < 1.29 is 4.79 Å². The number of halogens is 1. The molecule has 0 saturated carbocycles. The number of carbonyl (C=O) groups excluding carboxylic acids is 1. The van der Waals surface area contributed by atoms with Gasteiger partial charge in [0.05, 0.1) is 6.42 Å². The average molecular weight is 308 g/mol. The largest absolute Gasteiger partial charge is 0.294 e. The van der Waals surface area contributed by atoms with E-state index in [1.54, 1.807) is 4.68 Å². The Kier molecular flexibility index (Phi) is 3.91. The summed E-state index contributed by atoms with van der Waals surface area (Å²) in [6.07, 6.45) is 1.77. The van der Waals surface area contributed by atoms with Crippen molar-refractivity contribution in [2.75, 3.05) is 0 Å². The van der Waals surface area contributed by atoms with E-state index in [1.165, 1.54) is 6.33 Å². The molecule has 0 amide bonds. The van der Waals surface area contributed by atoms with Crippen molar-refractivity contribution in [3.8, 4) is 0 Å². The molecule has 4 nitrogen and oxygen atoms in total. The van der Waals surface area contributed by atoms with Gasteiger partial charge in [-0.05, 0) is 31.5 Å². The Morgan fingerprint density at radius 3 is 2.89 bits per heavy atom. The van der Waals surface area contributed by atoms with Crippen LogP contribution in [-0.2, 0) is 13.0 Å². The lowest BCUT2D eigenvalue weighted by Crippen LogP contribution is -2.11. The summed E-state index contributed by atoms with van der Waals surface area (Å²) >= 11 is 3.39. The summed E-state index contributed by atoms with van der Waals surface area (Å²) < 4.78 is 2.72.